The molecule has 1 aromatic heterocycles. The Hall–Kier alpha value is -2.53. The van der Waals surface area contributed by atoms with Crippen molar-refractivity contribution >= 4 is 17.3 Å². The molecular formula is C15H12ClN3O2. The van der Waals surface area contributed by atoms with Gasteiger partial charge in [0.15, 0.2) is 0 Å². The SMILES string of the molecule is Oc1ccc(NCc2nc(-c3cccc(Cl)c3)no2)cc1. The van der Waals surface area contributed by atoms with Gasteiger partial charge >= 0.3 is 0 Å². The van der Waals surface area contributed by atoms with Crippen LogP contribution in [0.5, 0.6) is 5.75 Å². The van der Waals surface area contributed by atoms with E-state index in [2.05, 4.69) is 15.5 Å². The van der Waals surface area contributed by atoms with E-state index in [0.717, 1.165) is 11.3 Å². The molecule has 0 saturated heterocycles. The second-order valence-electron chi connectivity index (χ2n) is 4.42. The number of anilines is 1. The number of aromatic nitrogens is 2. The monoisotopic (exact) mass is 301 g/mol. The van der Waals surface area contributed by atoms with Crippen molar-refractivity contribution < 1.29 is 9.63 Å². The van der Waals surface area contributed by atoms with Crippen molar-refractivity contribution in [2.24, 2.45) is 0 Å². The number of nitrogens with one attached hydrogen (secondary N) is 1. The van der Waals surface area contributed by atoms with E-state index < -0.39 is 0 Å². The van der Waals surface area contributed by atoms with Gasteiger partial charge in [-0.05, 0) is 36.4 Å². The van der Waals surface area contributed by atoms with E-state index in [1.807, 2.05) is 12.1 Å². The average Bonchev–Trinajstić information content (AvgIpc) is 2.96. The van der Waals surface area contributed by atoms with Gasteiger partial charge in [0.1, 0.15) is 5.75 Å². The third kappa shape index (κ3) is 3.32. The minimum atomic E-state index is 0.224. The molecule has 0 aliphatic heterocycles. The van der Waals surface area contributed by atoms with Crippen molar-refractivity contribution in [3.05, 3.63) is 59.4 Å². The summed E-state index contributed by atoms with van der Waals surface area (Å²) in [6.07, 6.45) is 0. The van der Waals surface area contributed by atoms with Crippen LogP contribution in [0.1, 0.15) is 5.89 Å². The molecule has 0 aliphatic carbocycles. The maximum Gasteiger partial charge on any atom is 0.246 e. The van der Waals surface area contributed by atoms with E-state index in [1.54, 1.807) is 36.4 Å². The van der Waals surface area contributed by atoms with E-state index in [1.165, 1.54) is 0 Å². The van der Waals surface area contributed by atoms with Crippen molar-refractivity contribution in [2.45, 2.75) is 6.54 Å². The van der Waals surface area contributed by atoms with E-state index in [0.29, 0.717) is 23.3 Å². The Morgan fingerprint density at radius 3 is 2.71 bits per heavy atom. The van der Waals surface area contributed by atoms with Crippen LogP contribution in [0.4, 0.5) is 5.69 Å². The normalized spacial score (nSPS) is 10.5. The minimum Gasteiger partial charge on any atom is -0.508 e. The number of hydrogen-bond donors (Lipinski definition) is 2. The smallest absolute Gasteiger partial charge is 0.246 e. The predicted molar refractivity (Wildman–Crippen MR) is 80.2 cm³/mol. The van der Waals surface area contributed by atoms with Crippen LogP contribution in [0, 0.1) is 0 Å². The number of benzene rings is 2. The quantitative estimate of drug-likeness (QED) is 0.719. The van der Waals surface area contributed by atoms with Crippen molar-refractivity contribution in [3.8, 4) is 17.1 Å². The van der Waals surface area contributed by atoms with E-state index in [9.17, 15) is 5.11 Å². The molecule has 0 aliphatic rings. The summed E-state index contributed by atoms with van der Waals surface area (Å²) in [6, 6.07) is 14.0. The van der Waals surface area contributed by atoms with Crippen LogP contribution in [-0.4, -0.2) is 15.2 Å². The molecule has 6 heteroatoms. The zero-order valence-electron chi connectivity index (χ0n) is 11.0. The molecule has 2 N–H and O–H groups in total. The topological polar surface area (TPSA) is 71.2 Å². The van der Waals surface area contributed by atoms with Gasteiger partial charge in [-0.1, -0.05) is 28.9 Å². The molecule has 0 unspecified atom stereocenters. The highest BCUT2D eigenvalue weighted by molar-refractivity contribution is 6.30. The molecular weight excluding hydrogens is 290 g/mol. The van der Waals surface area contributed by atoms with Crippen LogP contribution in [0.2, 0.25) is 5.02 Å². The number of aromatic hydroxyl groups is 1. The van der Waals surface area contributed by atoms with E-state index in [4.69, 9.17) is 16.1 Å². The highest BCUT2D eigenvalue weighted by Crippen LogP contribution is 2.20. The summed E-state index contributed by atoms with van der Waals surface area (Å²) in [7, 11) is 0. The molecule has 0 amide bonds. The van der Waals surface area contributed by atoms with Gasteiger partial charge in [-0.15, -0.1) is 0 Å². The summed E-state index contributed by atoms with van der Waals surface area (Å²) in [5, 5.41) is 16.9. The van der Waals surface area contributed by atoms with Crippen LogP contribution < -0.4 is 5.32 Å². The Bertz CT molecular complexity index is 741. The van der Waals surface area contributed by atoms with Crippen LogP contribution >= 0.6 is 11.6 Å². The summed E-state index contributed by atoms with van der Waals surface area (Å²) in [6.45, 7) is 0.401. The van der Waals surface area contributed by atoms with Gasteiger partial charge < -0.3 is 14.9 Å². The van der Waals surface area contributed by atoms with Gasteiger partial charge in [0, 0.05) is 16.3 Å². The Morgan fingerprint density at radius 2 is 1.95 bits per heavy atom. The highest BCUT2D eigenvalue weighted by Gasteiger charge is 2.08. The molecule has 106 valence electrons. The molecule has 0 fully saturated rings. The lowest BCUT2D eigenvalue weighted by Gasteiger charge is -2.02. The Kier molecular flexibility index (Phi) is 3.75. The first-order valence-corrected chi connectivity index (χ1v) is 6.70. The molecule has 0 saturated carbocycles. The number of phenols is 1. The van der Waals surface area contributed by atoms with Gasteiger partial charge in [-0.3, -0.25) is 0 Å². The Balaban J connectivity index is 1.69. The third-order valence-corrected chi connectivity index (χ3v) is 3.10. The molecule has 0 bridgehead atoms. The van der Waals surface area contributed by atoms with Crippen molar-refractivity contribution in [1.29, 1.82) is 0 Å². The summed E-state index contributed by atoms with van der Waals surface area (Å²) in [5.74, 6) is 1.19. The van der Waals surface area contributed by atoms with Gasteiger partial charge in [-0.2, -0.15) is 4.98 Å². The summed E-state index contributed by atoms with van der Waals surface area (Å²) in [4.78, 5) is 4.31. The van der Waals surface area contributed by atoms with Gasteiger partial charge in [0.05, 0.1) is 6.54 Å². The predicted octanol–water partition coefficient (Wildman–Crippen LogP) is 3.71. The van der Waals surface area contributed by atoms with Crippen molar-refractivity contribution in [1.82, 2.24) is 10.1 Å². The number of rotatable bonds is 4. The van der Waals surface area contributed by atoms with E-state index >= 15 is 0 Å². The van der Waals surface area contributed by atoms with E-state index in [-0.39, 0.29) is 5.75 Å². The van der Waals surface area contributed by atoms with Crippen LogP contribution in [-0.2, 0) is 6.54 Å². The van der Waals surface area contributed by atoms with Gasteiger partial charge in [-0.25, -0.2) is 0 Å². The largest absolute Gasteiger partial charge is 0.508 e. The fourth-order valence-corrected chi connectivity index (χ4v) is 2.02. The maximum atomic E-state index is 9.21. The lowest BCUT2D eigenvalue weighted by Crippen LogP contribution is -1.99. The van der Waals surface area contributed by atoms with Gasteiger partial charge in [0.25, 0.3) is 0 Å². The zero-order chi connectivity index (χ0) is 14.7. The Morgan fingerprint density at radius 1 is 1.14 bits per heavy atom. The molecule has 5 nitrogen and oxygen atoms in total. The lowest BCUT2D eigenvalue weighted by molar-refractivity contribution is 0.384. The van der Waals surface area contributed by atoms with Gasteiger partial charge in [0.2, 0.25) is 11.7 Å². The highest BCUT2D eigenvalue weighted by atomic mass is 35.5. The average molecular weight is 302 g/mol. The van der Waals surface area contributed by atoms with Crippen molar-refractivity contribution in [2.75, 3.05) is 5.32 Å². The molecule has 21 heavy (non-hydrogen) atoms. The molecule has 3 rings (SSSR count). The van der Waals surface area contributed by atoms with Crippen LogP contribution in [0.25, 0.3) is 11.4 Å². The van der Waals surface area contributed by atoms with Crippen LogP contribution in [0.15, 0.2) is 53.1 Å². The second kappa shape index (κ2) is 5.85. The third-order valence-electron chi connectivity index (χ3n) is 2.86. The molecule has 2 aromatic carbocycles. The number of nitrogens with zero attached hydrogens (tertiary/aromatic N) is 2. The first-order chi connectivity index (χ1) is 10.2. The fourth-order valence-electron chi connectivity index (χ4n) is 1.83. The molecule has 1 heterocycles. The summed E-state index contributed by atoms with van der Waals surface area (Å²) in [5.41, 5.74) is 1.66. The molecule has 3 aromatic rings. The lowest BCUT2D eigenvalue weighted by atomic mass is 10.2. The Labute approximate surface area is 126 Å². The molecule has 0 radical (unpaired) electrons. The first-order valence-electron chi connectivity index (χ1n) is 6.32. The standard InChI is InChI=1S/C15H12ClN3O2/c16-11-3-1-2-10(8-11)15-18-14(21-19-15)9-17-12-4-6-13(20)7-5-12/h1-8,17,20H,9H2. The number of phenolic OH excluding ortho intramolecular Hbond substituents is 1. The zero-order valence-corrected chi connectivity index (χ0v) is 11.7. The van der Waals surface area contributed by atoms with Crippen LogP contribution in [0.3, 0.4) is 0 Å². The number of halogens is 1. The summed E-state index contributed by atoms with van der Waals surface area (Å²) >= 11 is 5.94. The molecule has 0 atom stereocenters. The number of hydrogen-bond acceptors (Lipinski definition) is 5. The fraction of sp³-hybridized carbons (Fsp3) is 0.0667. The second-order valence-corrected chi connectivity index (χ2v) is 4.86. The maximum absolute atomic E-state index is 9.21. The molecule has 0 spiro atoms. The van der Waals surface area contributed by atoms with Crippen molar-refractivity contribution in [3.63, 3.8) is 0 Å². The first kappa shape index (κ1) is 13.5. The minimum absolute atomic E-state index is 0.224. The summed E-state index contributed by atoms with van der Waals surface area (Å²) < 4.78 is 5.19.